The highest BCUT2D eigenvalue weighted by Gasteiger charge is 2.37. The van der Waals surface area contributed by atoms with Gasteiger partial charge in [0.2, 0.25) is 0 Å². The molecule has 0 unspecified atom stereocenters. The number of rotatable bonds is 3. The summed E-state index contributed by atoms with van der Waals surface area (Å²) in [6.07, 6.45) is 1.61. The predicted molar refractivity (Wildman–Crippen MR) is 111 cm³/mol. The molecule has 0 bridgehead atoms. The summed E-state index contributed by atoms with van der Waals surface area (Å²) in [4.78, 5) is 27.0. The molecule has 0 saturated carbocycles. The molecule has 1 heterocycles. The monoisotopic (exact) mass is 465 g/mol. The van der Waals surface area contributed by atoms with Crippen LogP contribution in [-0.2, 0) is 14.3 Å². The number of esters is 1. The molecule has 1 aliphatic heterocycles. The van der Waals surface area contributed by atoms with E-state index in [4.69, 9.17) is 27.9 Å². The van der Waals surface area contributed by atoms with Crippen molar-refractivity contribution in [2.24, 2.45) is 0 Å². The maximum atomic E-state index is 13.1. The molecule has 0 radical (unpaired) electrons. The van der Waals surface area contributed by atoms with Gasteiger partial charge < -0.3 is 4.74 Å². The molecule has 0 atom stereocenters. The van der Waals surface area contributed by atoms with Crippen LogP contribution in [-0.4, -0.2) is 19.0 Å². The molecule has 0 aromatic heterocycles. The van der Waals surface area contributed by atoms with Crippen LogP contribution in [0.25, 0.3) is 6.08 Å². The fourth-order valence-electron chi connectivity index (χ4n) is 2.85. The van der Waals surface area contributed by atoms with E-state index < -0.39 is 5.97 Å². The highest BCUT2D eigenvalue weighted by molar-refractivity contribution is 9.10. The van der Waals surface area contributed by atoms with Gasteiger partial charge in [0, 0.05) is 15.9 Å². The van der Waals surface area contributed by atoms with Crippen molar-refractivity contribution in [1.82, 2.24) is 0 Å². The Labute approximate surface area is 175 Å². The van der Waals surface area contributed by atoms with Gasteiger partial charge >= 0.3 is 5.97 Å². The summed E-state index contributed by atoms with van der Waals surface area (Å²) >= 11 is 15.4. The lowest BCUT2D eigenvalue weighted by Crippen LogP contribution is -2.24. The number of methoxy groups -OCH3 is 1. The maximum absolute atomic E-state index is 13.1. The first-order valence-electron chi connectivity index (χ1n) is 7.90. The van der Waals surface area contributed by atoms with E-state index in [1.165, 1.54) is 12.0 Å². The normalized spacial score (nSPS) is 15.7. The highest BCUT2D eigenvalue weighted by Crippen LogP contribution is 2.36. The van der Waals surface area contributed by atoms with Gasteiger partial charge in [-0.1, -0.05) is 45.2 Å². The Morgan fingerprint density at radius 3 is 2.37 bits per heavy atom. The molecule has 138 valence electrons. The second kappa shape index (κ2) is 7.89. The number of carbonyl (C=O) groups is 2. The van der Waals surface area contributed by atoms with Crippen LogP contribution in [0.2, 0.25) is 10.0 Å². The number of halogens is 3. The highest BCUT2D eigenvalue weighted by atomic mass is 79.9. The standard InChI is InChI=1S/C20H14BrCl2NO3/c1-11-18(20(26)27-2)15(9-12-3-8-16(22)17(23)10-12)19(25)24(11)14-6-4-13(21)5-7-14/h3-10H,1-2H3/b15-9-. The number of benzene rings is 2. The summed E-state index contributed by atoms with van der Waals surface area (Å²) in [5, 5.41) is 0.773. The molecule has 0 fully saturated rings. The predicted octanol–water partition coefficient (Wildman–Crippen LogP) is 5.63. The summed E-state index contributed by atoms with van der Waals surface area (Å²) in [7, 11) is 1.28. The van der Waals surface area contributed by atoms with Crippen molar-refractivity contribution >= 4 is 62.8 Å². The summed E-state index contributed by atoms with van der Waals surface area (Å²) in [5.41, 5.74) is 2.26. The minimum Gasteiger partial charge on any atom is -0.465 e. The first-order valence-corrected chi connectivity index (χ1v) is 9.44. The average molecular weight is 467 g/mol. The van der Waals surface area contributed by atoms with E-state index >= 15 is 0 Å². The molecule has 0 aliphatic carbocycles. The largest absolute Gasteiger partial charge is 0.465 e. The van der Waals surface area contributed by atoms with Gasteiger partial charge in [0.05, 0.1) is 28.3 Å². The van der Waals surface area contributed by atoms with Gasteiger partial charge in [0.15, 0.2) is 0 Å². The van der Waals surface area contributed by atoms with Crippen LogP contribution in [0, 0.1) is 0 Å². The Balaban J connectivity index is 2.13. The lowest BCUT2D eigenvalue weighted by atomic mass is 10.0. The quantitative estimate of drug-likeness (QED) is 0.434. The third kappa shape index (κ3) is 3.81. The molecule has 4 nitrogen and oxygen atoms in total. The minimum absolute atomic E-state index is 0.219. The van der Waals surface area contributed by atoms with Gasteiger partial charge in [-0.05, 0) is 55.0 Å². The molecule has 7 heteroatoms. The fraction of sp³-hybridized carbons (Fsp3) is 0.100. The Bertz CT molecular complexity index is 997. The molecule has 0 spiro atoms. The van der Waals surface area contributed by atoms with Gasteiger partial charge in [0.25, 0.3) is 5.91 Å². The molecule has 0 N–H and O–H groups in total. The number of hydrogen-bond donors (Lipinski definition) is 0. The second-order valence-electron chi connectivity index (χ2n) is 5.80. The van der Waals surface area contributed by atoms with Crippen LogP contribution < -0.4 is 4.90 Å². The van der Waals surface area contributed by atoms with E-state index in [1.807, 2.05) is 12.1 Å². The Morgan fingerprint density at radius 1 is 1.11 bits per heavy atom. The van der Waals surface area contributed by atoms with Crippen molar-refractivity contribution in [3.05, 3.63) is 79.4 Å². The van der Waals surface area contributed by atoms with Crippen molar-refractivity contribution < 1.29 is 14.3 Å². The average Bonchev–Trinajstić information content (AvgIpc) is 2.88. The van der Waals surface area contributed by atoms with Crippen molar-refractivity contribution in [3.63, 3.8) is 0 Å². The topological polar surface area (TPSA) is 46.6 Å². The molecule has 2 aromatic rings. The van der Waals surface area contributed by atoms with E-state index in [-0.39, 0.29) is 17.1 Å². The number of amides is 1. The maximum Gasteiger partial charge on any atom is 0.340 e. The fourth-order valence-corrected chi connectivity index (χ4v) is 3.42. The zero-order chi connectivity index (χ0) is 19.7. The summed E-state index contributed by atoms with van der Waals surface area (Å²) < 4.78 is 5.78. The van der Waals surface area contributed by atoms with Crippen LogP contribution in [0.1, 0.15) is 12.5 Å². The van der Waals surface area contributed by atoms with E-state index in [9.17, 15) is 9.59 Å². The third-order valence-electron chi connectivity index (χ3n) is 4.13. The number of allylic oxidation sites excluding steroid dienone is 1. The molecule has 2 aromatic carbocycles. The van der Waals surface area contributed by atoms with E-state index in [0.717, 1.165) is 4.47 Å². The van der Waals surface area contributed by atoms with Crippen LogP contribution in [0.3, 0.4) is 0 Å². The summed E-state index contributed by atoms with van der Waals surface area (Å²) in [6.45, 7) is 1.71. The van der Waals surface area contributed by atoms with Gasteiger partial charge in [0.1, 0.15) is 0 Å². The van der Waals surface area contributed by atoms with E-state index in [2.05, 4.69) is 15.9 Å². The lowest BCUT2D eigenvalue weighted by Gasteiger charge is -2.18. The van der Waals surface area contributed by atoms with Crippen molar-refractivity contribution in [1.29, 1.82) is 0 Å². The zero-order valence-electron chi connectivity index (χ0n) is 14.4. The van der Waals surface area contributed by atoms with Crippen LogP contribution in [0.4, 0.5) is 5.69 Å². The first kappa shape index (κ1) is 19.7. The van der Waals surface area contributed by atoms with Crippen molar-refractivity contribution in [2.75, 3.05) is 12.0 Å². The summed E-state index contributed by atoms with van der Waals surface area (Å²) in [5.74, 6) is -0.895. The second-order valence-corrected chi connectivity index (χ2v) is 7.53. The van der Waals surface area contributed by atoms with Crippen LogP contribution >= 0.6 is 39.1 Å². The lowest BCUT2D eigenvalue weighted by molar-refractivity contribution is -0.136. The van der Waals surface area contributed by atoms with Crippen molar-refractivity contribution in [2.45, 2.75) is 6.92 Å². The van der Waals surface area contributed by atoms with Gasteiger partial charge in [-0.2, -0.15) is 0 Å². The molecule has 1 aliphatic rings. The van der Waals surface area contributed by atoms with Crippen LogP contribution in [0.5, 0.6) is 0 Å². The third-order valence-corrected chi connectivity index (χ3v) is 5.40. The number of ether oxygens (including phenoxy) is 1. The Hall–Kier alpha value is -2.08. The number of nitrogens with zero attached hydrogens (tertiary/aromatic N) is 1. The van der Waals surface area contributed by atoms with E-state index in [0.29, 0.717) is 27.0 Å². The molecule has 1 amide bonds. The van der Waals surface area contributed by atoms with Gasteiger partial charge in [-0.3, -0.25) is 9.69 Å². The van der Waals surface area contributed by atoms with Crippen molar-refractivity contribution in [3.8, 4) is 0 Å². The van der Waals surface area contributed by atoms with Crippen LogP contribution in [0.15, 0.2) is 63.8 Å². The summed E-state index contributed by atoms with van der Waals surface area (Å²) in [6, 6.07) is 12.2. The minimum atomic E-state index is -0.577. The smallest absolute Gasteiger partial charge is 0.340 e. The molecule has 27 heavy (non-hydrogen) atoms. The molecular formula is C20H14BrCl2NO3. The molecular weight excluding hydrogens is 453 g/mol. The number of carbonyl (C=O) groups excluding carboxylic acids is 2. The van der Waals surface area contributed by atoms with Gasteiger partial charge in [-0.15, -0.1) is 0 Å². The Morgan fingerprint density at radius 2 is 1.78 bits per heavy atom. The van der Waals surface area contributed by atoms with Gasteiger partial charge in [-0.25, -0.2) is 4.79 Å². The van der Waals surface area contributed by atoms with E-state index in [1.54, 1.807) is 43.3 Å². The first-order chi connectivity index (χ1) is 12.8. The SMILES string of the molecule is COC(=O)C1=C(C)N(c2ccc(Br)cc2)C(=O)/C1=C\c1ccc(Cl)c(Cl)c1. The number of hydrogen-bond acceptors (Lipinski definition) is 3. The molecule has 3 rings (SSSR count). The molecule has 0 saturated heterocycles. The number of anilines is 1. The zero-order valence-corrected chi connectivity index (χ0v) is 17.5. The Kier molecular flexibility index (Phi) is 5.75.